The van der Waals surface area contributed by atoms with E-state index >= 15 is 0 Å². The Balaban J connectivity index is 3.99. The van der Waals surface area contributed by atoms with Crippen molar-refractivity contribution in [2.24, 2.45) is 5.73 Å². The molecular weight excluding hydrogens is 1030 g/mol. The van der Waals surface area contributed by atoms with Gasteiger partial charge in [-0.2, -0.15) is 0 Å². The van der Waals surface area contributed by atoms with Gasteiger partial charge in [0.25, 0.3) is 0 Å². The summed E-state index contributed by atoms with van der Waals surface area (Å²) in [7, 11) is -4.41. The van der Waals surface area contributed by atoms with Crippen molar-refractivity contribution in [2.75, 3.05) is 26.4 Å². The Bertz CT molecular complexity index is 1880. The smallest absolute Gasteiger partial charge is 0.462 e. The molecule has 2 atom stereocenters. The van der Waals surface area contributed by atoms with E-state index in [1.54, 1.807) is 0 Å². The van der Waals surface area contributed by atoms with E-state index in [0.29, 0.717) is 6.42 Å². The molecule has 0 amide bonds. The maximum Gasteiger partial charge on any atom is 0.472 e. The summed E-state index contributed by atoms with van der Waals surface area (Å²) in [6.45, 7) is 3.47. The number of carbonyl (C=O) groups excluding carboxylic acids is 2. The van der Waals surface area contributed by atoms with Gasteiger partial charge in [0.15, 0.2) is 6.10 Å². The number of esters is 2. The average molecular weight is 1140 g/mol. The number of hydrogen-bond donors (Lipinski definition) is 2. The fraction of sp³-hybridized carbons (Fsp3) is 0.606. The summed E-state index contributed by atoms with van der Waals surface area (Å²) in [6.07, 6.45) is 94.6. The molecule has 0 aromatic carbocycles. The second kappa shape index (κ2) is 64.8. The quantitative estimate of drug-likeness (QED) is 0.0264. The van der Waals surface area contributed by atoms with Gasteiger partial charge in [0.1, 0.15) is 6.61 Å². The number of hydrogen-bond acceptors (Lipinski definition) is 8. The molecule has 458 valence electrons. The number of nitrogens with two attached hydrogens (primary N) is 1. The molecule has 0 heterocycles. The Kier molecular flexibility index (Phi) is 61.3. The number of phosphoric acid groups is 1. The molecule has 0 radical (unpaired) electrons. The highest BCUT2D eigenvalue weighted by molar-refractivity contribution is 7.47. The minimum atomic E-state index is -4.41. The standard InChI is InChI=1S/C71H116NO8P/c1-3-5-7-9-11-13-15-17-19-21-23-25-27-29-30-31-32-33-34-35-36-37-38-40-41-43-45-47-49-51-53-55-57-59-61-63-70(73)77-67-69(68-79-81(75,76)78-66-65-72)80-71(74)64-62-60-58-56-54-52-50-48-46-44-42-39-28-26-24-22-20-18-16-14-12-10-8-6-4-2/h5-8,11-14,17-20,23-26,29-30,32-33,39,42,46,48,52,54,69H,3-4,9-10,15-16,21-22,27-28,31,34-38,40-41,43-45,47,49-51,53,55-68,72H2,1-2H3,(H,75,76)/b7-5-,8-6-,13-11-,14-12-,19-17-,20-18-,25-23-,26-24-,30-29-,33-32-,42-39-,48-46-,54-52-. The molecule has 9 nitrogen and oxygen atoms in total. The number of allylic oxidation sites excluding steroid dienone is 26. The summed E-state index contributed by atoms with van der Waals surface area (Å²) in [6, 6.07) is 0. The van der Waals surface area contributed by atoms with Gasteiger partial charge >= 0.3 is 19.8 Å². The van der Waals surface area contributed by atoms with E-state index in [1.165, 1.54) is 89.9 Å². The van der Waals surface area contributed by atoms with Gasteiger partial charge in [0.2, 0.25) is 0 Å². The van der Waals surface area contributed by atoms with Gasteiger partial charge in [0.05, 0.1) is 13.2 Å². The summed E-state index contributed by atoms with van der Waals surface area (Å²) in [5, 5.41) is 0. The minimum absolute atomic E-state index is 0.0400. The van der Waals surface area contributed by atoms with Gasteiger partial charge in [-0.15, -0.1) is 0 Å². The van der Waals surface area contributed by atoms with Crippen LogP contribution in [0.2, 0.25) is 0 Å². The monoisotopic (exact) mass is 1140 g/mol. The first-order chi connectivity index (χ1) is 39.8. The molecule has 0 bridgehead atoms. The van der Waals surface area contributed by atoms with Crippen LogP contribution >= 0.6 is 7.82 Å². The molecule has 10 heteroatoms. The first-order valence-corrected chi connectivity index (χ1v) is 33.5. The number of ether oxygens (including phenoxy) is 2. The van der Waals surface area contributed by atoms with Crippen LogP contribution in [0.15, 0.2) is 158 Å². The molecule has 0 fully saturated rings. The lowest BCUT2D eigenvalue weighted by molar-refractivity contribution is -0.161. The lowest BCUT2D eigenvalue weighted by Crippen LogP contribution is -2.29. The van der Waals surface area contributed by atoms with E-state index in [1.807, 2.05) is 0 Å². The topological polar surface area (TPSA) is 134 Å². The lowest BCUT2D eigenvalue weighted by Gasteiger charge is -2.19. The van der Waals surface area contributed by atoms with Crippen LogP contribution in [0.4, 0.5) is 0 Å². The van der Waals surface area contributed by atoms with Crippen molar-refractivity contribution < 1.29 is 37.6 Å². The van der Waals surface area contributed by atoms with Crippen LogP contribution in [0.1, 0.15) is 245 Å². The number of carbonyl (C=O) groups is 2. The predicted molar refractivity (Wildman–Crippen MR) is 348 cm³/mol. The Morgan fingerprint density at radius 3 is 0.963 bits per heavy atom. The molecule has 81 heavy (non-hydrogen) atoms. The summed E-state index contributed by atoms with van der Waals surface area (Å²) in [4.78, 5) is 35.3. The van der Waals surface area contributed by atoms with E-state index in [9.17, 15) is 19.0 Å². The third kappa shape index (κ3) is 64.7. The highest BCUT2D eigenvalue weighted by Crippen LogP contribution is 2.43. The van der Waals surface area contributed by atoms with Crippen molar-refractivity contribution in [3.63, 3.8) is 0 Å². The summed E-state index contributed by atoms with van der Waals surface area (Å²) in [5.41, 5.74) is 5.39. The van der Waals surface area contributed by atoms with E-state index in [0.717, 1.165) is 122 Å². The molecule has 0 aromatic rings. The van der Waals surface area contributed by atoms with Crippen LogP contribution in [-0.4, -0.2) is 49.3 Å². The fourth-order valence-corrected chi connectivity index (χ4v) is 9.03. The van der Waals surface area contributed by atoms with Crippen molar-refractivity contribution >= 4 is 19.8 Å². The molecule has 0 aliphatic rings. The third-order valence-corrected chi connectivity index (χ3v) is 13.9. The SMILES string of the molecule is CC/C=C\C/C=C\C/C=C\C/C=C\C/C=C\C/C=C\C/C=C\CCCCCC(=O)OC(COC(=O)CCCCCCCCCCCCCCCCCC/C=C\C/C=C\C/C=C\C/C=C\C/C=C\C/C=C\CC)COP(=O)(O)OCCN. The molecule has 0 aliphatic carbocycles. The molecule has 0 aromatic heterocycles. The highest BCUT2D eigenvalue weighted by atomic mass is 31.2. The zero-order chi connectivity index (χ0) is 58.7. The Morgan fingerprint density at radius 1 is 0.370 bits per heavy atom. The summed E-state index contributed by atoms with van der Waals surface area (Å²) >= 11 is 0. The van der Waals surface area contributed by atoms with Crippen LogP contribution < -0.4 is 5.73 Å². The Hall–Kier alpha value is -4.37. The van der Waals surface area contributed by atoms with Crippen LogP contribution in [0.3, 0.4) is 0 Å². The van der Waals surface area contributed by atoms with Gasteiger partial charge in [-0.25, -0.2) is 4.57 Å². The Morgan fingerprint density at radius 2 is 0.642 bits per heavy atom. The van der Waals surface area contributed by atoms with Crippen molar-refractivity contribution in [1.29, 1.82) is 0 Å². The van der Waals surface area contributed by atoms with Gasteiger partial charge in [-0.3, -0.25) is 18.6 Å². The van der Waals surface area contributed by atoms with Crippen LogP contribution in [0.5, 0.6) is 0 Å². The van der Waals surface area contributed by atoms with Crippen molar-refractivity contribution in [3.8, 4) is 0 Å². The van der Waals surface area contributed by atoms with Gasteiger partial charge < -0.3 is 20.1 Å². The number of rotatable bonds is 58. The van der Waals surface area contributed by atoms with Crippen LogP contribution in [0, 0.1) is 0 Å². The number of unbranched alkanes of at least 4 members (excludes halogenated alkanes) is 19. The minimum Gasteiger partial charge on any atom is -0.462 e. The molecule has 0 saturated heterocycles. The first-order valence-electron chi connectivity index (χ1n) is 32.0. The first kappa shape index (κ1) is 76.6. The molecule has 2 unspecified atom stereocenters. The maximum absolute atomic E-state index is 12.7. The molecule has 0 saturated carbocycles. The van der Waals surface area contributed by atoms with E-state index in [2.05, 4.69) is 172 Å². The van der Waals surface area contributed by atoms with E-state index < -0.39 is 32.5 Å². The average Bonchev–Trinajstić information content (AvgIpc) is 3.46. The van der Waals surface area contributed by atoms with Crippen molar-refractivity contribution in [1.82, 2.24) is 0 Å². The molecule has 3 N–H and O–H groups in total. The molecular formula is C71H116NO8P. The predicted octanol–water partition coefficient (Wildman–Crippen LogP) is 20.8. The van der Waals surface area contributed by atoms with E-state index in [-0.39, 0.29) is 32.6 Å². The number of phosphoric ester groups is 1. The second-order valence-electron chi connectivity index (χ2n) is 20.5. The van der Waals surface area contributed by atoms with E-state index in [4.69, 9.17) is 24.3 Å². The summed E-state index contributed by atoms with van der Waals surface area (Å²) < 4.78 is 33.1. The van der Waals surface area contributed by atoms with Crippen molar-refractivity contribution in [2.45, 2.75) is 251 Å². The van der Waals surface area contributed by atoms with Crippen molar-refractivity contribution in [3.05, 3.63) is 158 Å². The largest absolute Gasteiger partial charge is 0.472 e. The zero-order valence-corrected chi connectivity index (χ0v) is 52.1. The fourth-order valence-electron chi connectivity index (χ4n) is 8.27. The summed E-state index contributed by atoms with van der Waals surface area (Å²) in [5.74, 6) is -0.873. The maximum atomic E-state index is 12.7. The third-order valence-electron chi connectivity index (χ3n) is 12.9. The van der Waals surface area contributed by atoms with Gasteiger partial charge in [-0.05, 0) is 122 Å². The molecule has 0 aliphatic heterocycles. The zero-order valence-electron chi connectivity index (χ0n) is 51.2. The lowest BCUT2D eigenvalue weighted by atomic mass is 10.0. The normalized spacial score (nSPS) is 14.1. The second-order valence-corrected chi connectivity index (χ2v) is 22.0. The van der Waals surface area contributed by atoms with Crippen LogP contribution in [0.25, 0.3) is 0 Å². The molecule has 0 rings (SSSR count). The van der Waals surface area contributed by atoms with Gasteiger partial charge in [-0.1, -0.05) is 268 Å². The molecule has 0 spiro atoms. The highest BCUT2D eigenvalue weighted by Gasteiger charge is 2.26. The Labute approximate surface area is 496 Å². The van der Waals surface area contributed by atoms with Gasteiger partial charge in [0, 0.05) is 19.4 Å². The van der Waals surface area contributed by atoms with Crippen LogP contribution in [-0.2, 0) is 32.7 Å².